The standard InChI is InChI=1S/C19H24N2O3/c1-11(24-18(23)16-3-4-20-12(2)21-16)17(22)19-8-13-5-14(9-19)7-15(6-13)10-19/h3-4,11,13-15H,5-10H2,1-2H3. The second-order valence-electron chi connectivity index (χ2n) is 8.10. The molecule has 4 fully saturated rings. The molecule has 1 atom stereocenters. The Labute approximate surface area is 142 Å². The van der Waals surface area contributed by atoms with Gasteiger partial charge in [-0.3, -0.25) is 4.79 Å². The Hall–Kier alpha value is -1.78. The van der Waals surface area contributed by atoms with Crippen LogP contribution >= 0.6 is 0 Å². The number of aromatic nitrogens is 2. The minimum absolute atomic E-state index is 0.126. The Balaban J connectivity index is 1.47. The fraction of sp³-hybridized carbons (Fsp3) is 0.684. The first-order valence-corrected chi connectivity index (χ1v) is 9.00. The molecule has 4 bridgehead atoms. The first-order chi connectivity index (χ1) is 11.4. The molecule has 5 rings (SSSR count). The third kappa shape index (κ3) is 2.64. The lowest BCUT2D eigenvalue weighted by atomic mass is 9.48. The maximum Gasteiger partial charge on any atom is 0.357 e. The second kappa shape index (κ2) is 5.64. The molecule has 4 saturated carbocycles. The minimum Gasteiger partial charge on any atom is -0.450 e. The van der Waals surface area contributed by atoms with Crippen molar-refractivity contribution in [3.63, 3.8) is 0 Å². The van der Waals surface area contributed by atoms with Gasteiger partial charge in [0.05, 0.1) is 0 Å². The van der Waals surface area contributed by atoms with Gasteiger partial charge in [0, 0.05) is 11.6 Å². The lowest BCUT2D eigenvalue weighted by Crippen LogP contribution is -2.52. The molecular weight excluding hydrogens is 304 g/mol. The van der Waals surface area contributed by atoms with Gasteiger partial charge in [0.15, 0.2) is 17.6 Å². The predicted octanol–water partition coefficient (Wildman–Crippen LogP) is 3.12. The van der Waals surface area contributed by atoms with E-state index in [4.69, 9.17) is 4.74 Å². The van der Waals surface area contributed by atoms with Crippen molar-refractivity contribution in [3.05, 3.63) is 23.8 Å². The Kier molecular flexibility index (Phi) is 3.70. The van der Waals surface area contributed by atoms with Gasteiger partial charge in [0.2, 0.25) is 0 Å². The van der Waals surface area contributed by atoms with Gasteiger partial charge in [0.1, 0.15) is 5.82 Å². The van der Waals surface area contributed by atoms with Gasteiger partial charge in [-0.25, -0.2) is 14.8 Å². The van der Waals surface area contributed by atoms with Crippen molar-refractivity contribution in [3.8, 4) is 0 Å². The molecule has 1 aromatic heterocycles. The van der Waals surface area contributed by atoms with Crippen LogP contribution in [0.4, 0.5) is 0 Å². The van der Waals surface area contributed by atoms with Gasteiger partial charge in [-0.05, 0) is 76.2 Å². The van der Waals surface area contributed by atoms with Gasteiger partial charge < -0.3 is 4.74 Å². The average Bonchev–Trinajstić information content (AvgIpc) is 2.52. The molecule has 5 heteroatoms. The van der Waals surface area contributed by atoms with Gasteiger partial charge >= 0.3 is 5.97 Å². The van der Waals surface area contributed by atoms with E-state index in [1.54, 1.807) is 13.8 Å². The van der Waals surface area contributed by atoms with Gasteiger partial charge in [-0.1, -0.05) is 0 Å². The van der Waals surface area contributed by atoms with Crippen LogP contribution in [0.1, 0.15) is 61.8 Å². The summed E-state index contributed by atoms with van der Waals surface area (Å²) in [7, 11) is 0. The molecule has 1 unspecified atom stereocenters. The summed E-state index contributed by atoms with van der Waals surface area (Å²) in [6.07, 6.45) is 7.68. The van der Waals surface area contributed by atoms with Crippen molar-refractivity contribution >= 4 is 11.8 Å². The van der Waals surface area contributed by atoms with Crippen molar-refractivity contribution in [1.82, 2.24) is 9.97 Å². The van der Waals surface area contributed by atoms with Gasteiger partial charge in [0.25, 0.3) is 0 Å². The van der Waals surface area contributed by atoms with E-state index in [0.717, 1.165) is 19.3 Å². The number of nitrogens with zero attached hydrogens (tertiary/aromatic N) is 2. The molecular formula is C19H24N2O3. The minimum atomic E-state index is -0.705. The first-order valence-electron chi connectivity index (χ1n) is 9.00. The molecule has 0 radical (unpaired) electrons. The van der Waals surface area contributed by atoms with Crippen molar-refractivity contribution in [2.24, 2.45) is 23.2 Å². The molecule has 1 heterocycles. The molecule has 5 nitrogen and oxygen atoms in total. The van der Waals surface area contributed by atoms with Crippen LogP contribution in [0.3, 0.4) is 0 Å². The molecule has 0 aliphatic heterocycles. The van der Waals surface area contributed by atoms with Crippen LogP contribution in [0, 0.1) is 30.1 Å². The number of ketones is 1. The maximum absolute atomic E-state index is 13.1. The number of carbonyl (C=O) groups excluding carboxylic acids is 2. The van der Waals surface area contributed by atoms with E-state index in [2.05, 4.69) is 9.97 Å². The monoisotopic (exact) mass is 328 g/mol. The van der Waals surface area contributed by atoms with E-state index in [1.807, 2.05) is 0 Å². The van der Waals surface area contributed by atoms with Crippen LogP contribution in [0.15, 0.2) is 12.3 Å². The number of aryl methyl sites for hydroxylation is 1. The molecule has 128 valence electrons. The van der Waals surface area contributed by atoms with Crippen molar-refractivity contribution in [2.45, 2.75) is 58.5 Å². The van der Waals surface area contributed by atoms with E-state index in [-0.39, 0.29) is 16.9 Å². The van der Waals surface area contributed by atoms with Crippen LogP contribution in [0.2, 0.25) is 0 Å². The zero-order valence-electron chi connectivity index (χ0n) is 14.3. The Morgan fingerprint density at radius 3 is 2.29 bits per heavy atom. The van der Waals surface area contributed by atoms with Gasteiger partial charge in [-0.2, -0.15) is 0 Å². The molecule has 4 aliphatic carbocycles. The SMILES string of the molecule is Cc1nccc(C(=O)OC(C)C(=O)C23CC4CC(CC(C4)C2)C3)n1. The molecule has 1 aromatic rings. The fourth-order valence-corrected chi connectivity index (χ4v) is 5.69. The van der Waals surface area contributed by atoms with Crippen molar-refractivity contribution in [1.29, 1.82) is 0 Å². The lowest BCUT2D eigenvalue weighted by Gasteiger charge is -2.56. The summed E-state index contributed by atoms with van der Waals surface area (Å²) in [5.74, 6) is 2.21. The third-order valence-electron chi connectivity index (χ3n) is 6.20. The molecule has 24 heavy (non-hydrogen) atoms. The maximum atomic E-state index is 13.1. The van der Waals surface area contributed by atoms with Crippen molar-refractivity contribution in [2.75, 3.05) is 0 Å². The number of rotatable bonds is 4. The summed E-state index contributed by atoms with van der Waals surface area (Å²) >= 11 is 0. The Morgan fingerprint density at radius 1 is 1.17 bits per heavy atom. The number of esters is 1. The molecule has 0 amide bonds. The number of Topliss-reactive ketones (excluding diaryl/α,β-unsaturated/α-hetero) is 1. The molecule has 0 spiro atoms. The highest BCUT2D eigenvalue weighted by Gasteiger charge is 2.55. The largest absolute Gasteiger partial charge is 0.450 e. The van der Waals surface area contributed by atoms with Gasteiger partial charge in [-0.15, -0.1) is 0 Å². The quantitative estimate of drug-likeness (QED) is 0.794. The molecule has 4 aliphatic rings. The summed E-state index contributed by atoms with van der Waals surface area (Å²) in [5, 5.41) is 0. The molecule has 0 N–H and O–H groups in total. The van der Waals surface area contributed by atoms with Crippen LogP contribution in [-0.4, -0.2) is 27.8 Å². The van der Waals surface area contributed by atoms with E-state index >= 15 is 0 Å². The third-order valence-corrected chi connectivity index (χ3v) is 6.20. The van der Waals surface area contributed by atoms with E-state index in [9.17, 15) is 9.59 Å². The van der Waals surface area contributed by atoms with Crippen LogP contribution in [0.25, 0.3) is 0 Å². The summed E-state index contributed by atoms with van der Waals surface area (Å²) < 4.78 is 5.46. The summed E-state index contributed by atoms with van der Waals surface area (Å²) in [4.78, 5) is 33.5. The summed E-state index contributed by atoms with van der Waals surface area (Å²) in [5.41, 5.74) is -0.0246. The molecule has 0 aromatic carbocycles. The highest BCUT2D eigenvalue weighted by atomic mass is 16.5. The summed E-state index contributed by atoms with van der Waals surface area (Å²) in [6, 6.07) is 1.53. The fourth-order valence-electron chi connectivity index (χ4n) is 5.69. The Morgan fingerprint density at radius 2 is 1.75 bits per heavy atom. The first kappa shape index (κ1) is 15.7. The second-order valence-corrected chi connectivity index (χ2v) is 8.10. The van der Waals surface area contributed by atoms with Crippen LogP contribution in [-0.2, 0) is 9.53 Å². The van der Waals surface area contributed by atoms with E-state index in [0.29, 0.717) is 23.6 Å². The Bertz CT molecular complexity index is 650. The highest BCUT2D eigenvalue weighted by molar-refractivity contribution is 5.93. The average molecular weight is 328 g/mol. The van der Waals surface area contributed by atoms with E-state index < -0.39 is 12.1 Å². The predicted molar refractivity (Wildman–Crippen MR) is 87.3 cm³/mol. The topological polar surface area (TPSA) is 69.2 Å². The number of hydrogen-bond acceptors (Lipinski definition) is 5. The van der Waals surface area contributed by atoms with Crippen LogP contribution in [0.5, 0.6) is 0 Å². The highest BCUT2D eigenvalue weighted by Crippen LogP contribution is 2.60. The number of carbonyl (C=O) groups is 2. The number of hydrogen-bond donors (Lipinski definition) is 0. The molecule has 0 saturated heterocycles. The van der Waals surface area contributed by atoms with Crippen LogP contribution < -0.4 is 0 Å². The smallest absolute Gasteiger partial charge is 0.357 e. The van der Waals surface area contributed by atoms with E-state index in [1.165, 1.54) is 31.5 Å². The zero-order valence-corrected chi connectivity index (χ0v) is 14.3. The van der Waals surface area contributed by atoms with Crippen molar-refractivity contribution < 1.29 is 14.3 Å². The summed E-state index contributed by atoms with van der Waals surface area (Å²) in [6.45, 7) is 3.44. The lowest BCUT2D eigenvalue weighted by molar-refractivity contribution is -0.152. The number of ether oxygens (including phenoxy) is 1. The normalized spacial score (nSPS) is 34.8. The zero-order chi connectivity index (χ0) is 16.9.